The van der Waals surface area contributed by atoms with Gasteiger partial charge in [0.2, 0.25) is 12.2 Å². The van der Waals surface area contributed by atoms with Crippen molar-refractivity contribution in [2.75, 3.05) is 13.1 Å². The maximum atomic E-state index is 12.5. The maximum absolute atomic E-state index is 12.5. The van der Waals surface area contributed by atoms with Crippen LogP contribution >= 0.6 is 0 Å². The van der Waals surface area contributed by atoms with Gasteiger partial charge in [-0.3, -0.25) is 9.59 Å². The van der Waals surface area contributed by atoms with Crippen molar-refractivity contribution in [1.82, 2.24) is 4.90 Å². The molecule has 0 unspecified atom stereocenters. The van der Waals surface area contributed by atoms with Gasteiger partial charge in [0.15, 0.2) is 0 Å². The second-order valence-electron chi connectivity index (χ2n) is 8.20. The summed E-state index contributed by atoms with van der Waals surface area (Å²) in [5, 5.41) is 0. The summed E-state index contributed by atoms with van der Waals surface area (Å²) in [6.07, 6.45) is -0.919. The molecule has 7 heteroatoms. The van der Waals surface area contributed by atoms with Crippen LogP contribution in [0.15, 0.2) is 48.5 Å². The Morgan fingerprint density at radius 2 is 1.66 bits per heavy atom. The van der Waals surface area contributed by atoms with Crippen LogP contribution < -0.4 is 5.73 Å². The first-order chi connectivity index (χ1) is 15.2. The number of aryl methyl sites for hydroxylation is 2. The molecule has 1 amide bonds. The van der Waals surface area contributed by atoms with Crippen molar-refractivity contribution in [2.45, 2.75) is 51.7 Å². The summed E-state index contributed by atoms with van der Waals surface area (Å²) < 4.78 is 31.2. The van der Waals surface area contributed by atoms with Crippen LogP contribution in [-0.4, -0.2) is 36.4 Å². The Kier molecular flexibility index (Phi) is 9.91. The zero-order valence-electron chi connectivity index (χ0n) is 18.4. The molecule has 2 aromatic carbocycles. The molecular formula is C25H31F3N2O2. The van der Waals surface area contributed by atoms with Crippen LogP contribution in [0.25, 0.3) is 0 Å². The number of nitrogens with zero attached hydrogens (tertiary/aromatic N) is 1. The summed E-state index contributed by atoms with van der Waals surface area (Å²) in [6, 6.07) is 17.1. The highest BCUT2D eigenvalue weighted by Gasteiger charge is 2.25. The molecule has 1 heterocycles. The lowest BCUT2D eigenvalue weighted by Gasteiger charge is -2.32. The number of benzene rings is 2. The number of nitrogens with two attached hydrogens (primary N) is 1. The fourth-order valence-electron chi connectivity index (χ4n) is 3.81. The third-order valence-electron chi connectivity index (χ3n) is 5.59. The minimum absolute atomic E-state index is 0.293. The van der Waals surface area contributed by atoms with E-state index in [2.05, 4.69) is 60.4 Å². The highest BCUT2D eigenvalue weighted by atomic mass is 19.4. The van der Waals surface area contributed by atoms with Gasteiger partial charge in [0.25, 0.3) is 0 Å². The van der Waals surface area contributed by atoms with Crippen molar-refractivity contribution in [3.8, 4) is 0 Å². The first kappa shape index (κ1) is 25.6. The number of amides is 1. The van der Waals surface area contributed by atoms with Crippen LogP contribution in [-0.2, 0) is 29.0 Å². The fourth-order valence-corrected chi connectivity index (χ4v) is 3.81. The molecule has 174 valence electrons. The Morgan fingerprint density at radius 1 is 1.06 bits per heavy atom. The van der Waals surface area contributed by atoms with Crippen molar-refractivity contribution in [1.29, 1.82) is 0 Å². The fraction of sp³-hybridized carbons (Fsp3) is 0.440. The lowest BCUT2D eigenvalue weighted by Crippen LogP contribution is -2.39. The van der Waals surface area contributed by atoms with Crippen molar-refractivity contribution in [2.24, 2.45) is 11.7 Å². The zero-order valence-corrected chi connectivity index (χ0v) is 18.4. The minimum atomic E-state index is -4.64. The topological polar surface area (TPSA) is 63.4 Å². The summed E-state index contributed by atoms with van der Waals surface area (Å²) in [4.78, 5) is 23.3. The lowest BCUT2D eigenvalue weighted by molar-refractivity contribution is -0.156. The second-order valence-corrected chi connectivity index (χ2v) is 8.20. The molecule has 2 aromatic rings. The van der Waals surface area contributed by atoms with E-state index >= 15 is 0 Å². The first-order valence-electron chi connectivity index (χ1n) is 10.8. The van der Waals surface area contributed by atoms with Crippen LogP contribution in [0.1, 0.15) is 41.5 Å². The summed E-state index contributed by atoms with van der Waals surface area (Å²) in [6.45, 7) is 4.52. The van der Waals surface area contributed by atoms with Gasteiger partial charge in [-0.25, -0.2) is 0 Å². The van der Waals surface area contributed by atoms with E-state index in [0.717, 1.165) is 44.3 Å². The molecule has 4 nitrogen and oxygen atoms in total. The van der Waals surface area contributed by atoms with Gasteiger partial charge >= 0.3 is 6.18 Å². The molecule has 32 heavy (non-hydrogen) atoms. The number of alkyl halides is 3. The van der Waals surface area contributed by atoms with Crippen LogP contribution in [0.2, 0.25) is 0 Å². The quantitative estimate of drug-likeness (QED) is 0.656. The monoisotopic (exact) mass is 448 g/mol. The van der Waals surface area contributed by atoms with Crippen molar-refractivity contribution in [3.05, 3.63) is 70.8 Å². The summed E-state index contributed by atoms with van der Waals surface area (Å²) in [5.41, 5.74) is 10.7. The van der Waals surface area contributed by atoms with E-state index in [-0.39, 0.29) is 0 Å². The van der Waals surface area contributed by atoms with Crippen molar-refractivity contribution < 1.29 is 22.8 Å². The van der Waals surface area contributed by atoms with Gasteiger partial charge in [-0.2, -0.15) is 13.2 Å². The highest BCUT2D eigenvalue weighted by molar-refractivity contribution is 5.76. The predicted molar refractivity (Wildman–Crippen MR) is 119 cm³/mol. The van der Waals surface area contributed by atoms with Crippen LogP contribution in [0.5, 0.6) is 0 Å². The van der Waals surface area contributed by atoms with E-state index < -0.39 is 12.5 Å². The van der Waals surface area contributed by atoms with Crippen molar-refractivity contribution in [3.63, 3.8) is 0 Å². The Morgan fingerprint density at radius 3 is 2.19 bits per heavy atom. The number of piperidine rings is 1. The molecule has 0 spiro atoms. The molecule has 0 aliphatic carbocycles. The lowest BCUT2D eigenvalue weighted by atomic mass is 9.89. The van der Waals surface area contributed by atoms with Crippen LogP contribution in [0.3, 0.4) is 0 Å². The van der Waals surface area contributed by atoms with Gasteiger partial charge in [-0.1, -0.05) is 54.1 Å². The SMILES string of the molecule is Cc1cccc(CC2CCN(C(=O)CCc3ccc(CN)cc3)CC2)c1.O=CC(F)(F)F. The number of hydrogen-bond donors (Lipinski definition) is 1. The Hall–Kier alpha value is -2.67. The standard InChI is InChI=1S/C23H30N2O.C2HF3O/c1-18-3-2-4-22(15-18)16-20-11-13-25(14-12-20)23(26)10-9-19-5-7-21(17-24)8-6-19;3-2(4,5)1-6/h2-8,15,20H,9-14,16-17,24H2,1H3;1H. The number of carbonyl (C=O) groups excluding carboxylic acids is 2. The van der Waals surface area contributed by atoms with Gasteiger partial charge in [-0.05, 0) is 55.2 Å². The smallest absolute Gasteiger partial charge is 0.343 e. The van der Waals surface area contributed by atoms with Gasteiger partial charge in [-0.15, -0.1) is 0 Å². The third kappa shape index (κ3) is 9.22. The molecule has 3 rings (SSSR count). The van der Waals surface area contributed by atoms with E-state index in [1.807, 2.05) is 0 Å². The largest absolute Gasteiger partial charge is 0.446 e. The Labute approximate surface area is 187 Å². The zero-order chi connectivity index (χ0) is 23.6. The molecule has 2 N–H and O–H groups in total. The molecule has 0 atom stereocenters. The number of rotatable bonds is 6. The van der Waals surface area contributed by atoms with Gasteiger partial charge in [0.05, 0.1) is 0 Å². The average Bonchev–Trinajstić information content (AvgIpc) is 2.78. The normalized spacial score (nSPS) is 14.5. The van der Waals surface area contributed by atoms with E-state index in [1.54, 1.807) is 0 Å². The molecular weight excluding hydrogens is 417 g/mol. The molecule has 0 aromatic heterocycles. The molecule has 1 aliphatic rings. The number of hydrogen-bond acceptors (Lipinski definition) is 3. The first-order valence-corrected chi connectivity index (χ1v) is 10.8. The summed E-state index contributed by atoms with van der Waals surface area (Å²) in [7, 11) is 0. The number of aldehydes is 1. The van der Waals surface area contributed by atoms with E-state index in [0.29, 0.717) is 24.8 Å². The minimum Gasteiger partial charge on any atom is -0.343 e. The number of likely N-dealkylation sites (tertiary alicyclic amines) is 1. The molecule has 1 aliphatic heterocycles. The molecule has 0 saturated carbocycles. The highest BCUT2D eigenvalue weighted by Crippen LogP contribution is 2.23. The molecule has 1 fully saturated rings. The maximum Gasteiger partial charge on any atom is 0.446 e. The summed E-state index contributed by atoms with van der Waals surface area (Å²) in [5.74, 6) is 0.992. The number of halogens is 3. The Balaban J connectivity index is 0.000000534. The van der Waals surface area contributed by atoms with Gasteiger partial charge in [0, 0.05) is 26.1 Å². The third-order valence-corrected chi connectivity index (χ3v) is 5.59. The molecule has 0 bridgehead atoms. The van der Waals surface area contributed by atoms with Crippen LogP contribution in [0.4, 0.5) is 13.2 Å². The van der Waals surface area contributed by atoms with Crippen molar-refractivity contribution >= 4 is 12.2 Å². The average molecular weight is 449 g/mol. The number of carbonyl (C=O) groups is 2. The van der Waals surface area contributed by atoms with Crippen LogP contribution in [0, 0.1) is 12.8 Å². The molecule has 1 saturated heterocycles. The van der Waals surface area contributed by atoms with E-state index in [4.69, 9.17) is 10.5 Å². The van der Waals surface area contributed by atoms with E-state index in [9.17, 15) is 18.0 Å². The predicted octanol–water partition coefficient (Wildman–Crippen LogP) is 4.62. The van der Waals surface area contributed by atoms with Gasteiger partial charge < -0.3 is 10.6 Å². The van der Waals surface area contributed by atoms with Gasteiger partial charge in [0.1, 0.15) is 0 Å². The second kappa shape index (κ2) is 12.4. The Bertz CT molecular complexity index is 858. The molecule has 0 radical (unpaired) electrons. The summed E-state index contributed by atoms with van der Waals surface area (Å²) >= 11 is 0. The van der Waals surface area contributed by atoms with E-state index in [1.165, 1.54) is 16.7 Å².